The first-order valence-corrected chi connectivity index (χ1v) is 7.04. The molecule has 1 unspecified atom stereocenters. The van der Waals surface area contributed by atoms with Gasteiger partial charge in [-0.3, -0.25) is 0 Å². The molecule has 0 fully saturated rings. The van der Waals surface area contributed by atoms with Crippen LogP contribution in [-0.2, 0) is 14.8 Å². The van der Waals surface area contributed by atoms with Crippen LogP contribution in [0.4, 0.5) is 0 Å². The smallest absolute Gasteiger partial charge is 0.218 e. The van der Waals surface area contributed by atoms with Crippen LogP contribution in [0.5, 0.6) is 0 Å². The summed E-state index contributed by atoms with van der Waals surface area (Å²) in [7, 11) is -3.59. The van der Waals surface area contributed by atoms with Crippen molar-refractivity contribution in [2.24, 2.45) is 5.14 Å². The van der Waals surface area contributed by atoms with E-state index in [1.54, 1.807) is 6.92 Å². The molecular formula is C12H19NO2S. The number of nitrogens with two attached hydrogens (primary N) is 1. The van der Waals surface area contributed by atoms with Crippen LogP contribution in [0, 0.1) is 0 Å². The summed E-state index contributed by atoms with van der Waals surface area (Å²) >= 11 is 0. The summed E-state index contributed by atoms with van der Waals surface area (Å²) in [5, 5.41) is 5.36. The third-order valence-electron chi connectivity index (χ3n) is 3.02. The Balaban J connectivity index is 3.16. The SMILES string of the molecule is CCCCC(C)(c1ccccc1)S(N)(=O)=O. The second-order valence-corrected chi connectivity index (χ2v) is 6.24. The molecule has 1 aromatic rings. The van der Waals surface area contributed by atoms with E-state index in [9.17, 15) is 8.42 Å². The summed E-state index contributed by atoms with van der Waals surface area (Å²) in [5.41, 5.74) is 0.769. The van der Waals surface area contributed by atoms with Crippen molar-refractivity contribution >= 4 is 10.0 Å². The molecule has 0 heterocycles. The van der Waals surface area contributed by atoms with Gasteiger partial charge in [0.05, 0.1) is 0 Å². The van der Waals surface area contributed by atoms with Gasteiger partial charge in [0, 0.05) is 0 Å². The van der Waals surface area contributed by atoms with Crippen molar-refractivity contribution in [3.05, 3.63) is 35.9 Å². The molecule has 1 atom stereocenters. The molecule has 2 N–H and O–H groups in total. The normalized spacial score (nSPS) is 15.7. The fraction of sp³-hybridized carbons (Fsp3) is 0.500. The lowest BCUT2D eigenvalue weighted by atomic mass is 9.94. The first kappa shape index (κ1) is 13.2. The van der Waals surface area contributed by atoms with Crippen molar-refractivity contribution in [1.29, 1.82) is 0 Å². The molecule has 4 heteroatoms. The molecular weight excluding hydrogens is 222 g/mol. The maximum absolute atomic E-state index is 11.7. The molecule has 0 spiro atoms. The number of hydrogen-bond donors (Lipinski definition) is 1. The fourth-order valence-corrected chi connectivity index (χ4v) is 2.65. The molecule has 1 aromatic carbocycles. The summed E-state index contributed by atoms with van der Waals surface area (Å²) < 4.78 is 22.5. The minimum absolute atomic E-state index is 0.562. The zero-order chi connectivity index (χ0) is 12.2. The monoisotopic (exact) mass is 241 g/mol. The maximum atomic E-state index is 11.7. The van der Waals surface area contributed by atoms with E-state index in [4.69, 9.17) is 5.14 Å². The van der Waals surface area contributed by atoms with Crippen LogP contribution in [-0.4, -0.2) is 8.42 Å². The standard InChI is InChI=1S/C12H19NO2S/c1-3-4-10-12(2,16(13,14)15)11-8-6-5-7-9-11/h5-9H,3-4,10H2,1-2H3,(H2,13,14,15). The number of primary sulfonamides is 1. The number of rotatable bonds is 5. The average Bonchev–Trinajstić information content (AvgIpc) is 2.25. The molecule has 3 nitrogen and oxygen atoms in total. The average molecular weight is 241 g/mol. The van der Waals surface area contributed by atoms with Gasteiger partial charge in [0.1, 0.15) is 4.75 Å². The quantitative estimate of drug-likeness (QED) is 0.860. The Kier molecular flexibility index (Phi) is 4.10. The van der Waals surface area contributed by atoms with Crippen LogP contribution >= 0.6 is 0 Å². The van der Waals surface area contributed by atoms with Crippen molar-refractivity contribution in [2.75, 3.05) is 0 Å². The largest absolute Gasteiger partial charge is 0.228 e. The van der Waals surface area contributed by atoms with E-state index >= 15 is 0 Å². The third-order valence-corrected chi connectivity index (χ3v) is 4.72. The molecule has 0 aliphatic carbocycles. The van der Waals surface area contributed by atoms with Gasteiger partial charge in [-0.25, -0.2) is 13.6 Å². The van der Waals surface area contributed by atoms with Gasteiger partial charge >= 0.3 is 0 Å². The topological polar surface area (TPSA) is 60.2 Å². The highest BCUT2D eigenvalue weighted by molar-refractivity contribution is 7.90. The summed E-state index contributed by atoms with van der Waals surface area (Å²) in [6.45, 7) is 3.74. The van der Waals surface area contributed by atoms with Gasteiger partial charge < -0.3 is 0 Å². The summed E-state index contributed by atoms with van der Waals surface area (Å²) in [4.78, 5) is 0. The molecule has 0 saturated heterocycles. The Labute approximate surface area is 97.7 Å². The summed E-state index contributed by atoms with van der Waals surface area (Å²) in [6.07, 6.45) is 2.37. The highest BCUT2D eigenvalue weighted by Crippen LogP contribution is 2.33. The highest BCUT2D eigenvalue weighted by atomic mass is 32.2. The Morgan fingerprint density at radius 2 is 1.81 bits per heavy atom. The van der Waals surface area contributed by atoms with E-state index < -0.39 is 14.8 Å². The van der Waals surface area contributed by atoms with Crippen LogP contribution in [0.25, 0.3) is 0 Å². The molecule has 0 saturated carbocycles. The molecule has 0 amide bonds. The predicted octanol–water partition coefficient (Wildman–Crippen LogP) is 2.38. The van der Waals surface area contributed by atoms with Gasteiger partial charge in [-0.05, 0) is 18.9 Å². The van der Waals surface area contributed by atoms with Gasteiger partial charge in [-0.15, -0.1) is 0 Å². The molecule has 1 rings (SSSR count). The van der Waals surface area contributed by atoms with Crippen molar-refractivity contribution in [3.8, 4) is 0 Å². The minimum Gasteiger partial charge on any atom is -0.228 e. The van der Waals surface area contributed by atoms with E-state index in [2.05, 4.69) is 0 Å². The molecule has 0 aliphatic rings. The predicted molar refractivity (Wildman–Crippen MR) is 66.4 cm³/mol. The van der Waals surface area contributed by atoms with E-state index in [0.29, 0.717) is 6.42 Å². The lowest BCUT2D eigenvalue weighted by Gasteiger charge is -2.27. The Bertz CT molecular complexity index is 428. The summed E-state index contributed by atoms with van der Waals surface area (Å²) in [5.74, 6) is 0. The molecule has 0 radical (unpaired) electrons. The van der Waals surface area contributed by atoms with Crippen molar-refractivity contribution in [2.45, 2.75) is 37.9 Å². The molecule has 0 aliphatic heterocycles. The van der Waals surface area contributed by atoms with E-state index in [0.717, 1.165) is 18.4 Å². The zero-order valence-corrected chi connectivity index (χ0v) is 10.6. The Hall–Kier alpha value is -0.870. The van der Waals surface area contributed by atoms with Crippen molar-refractivity contribution < 1.29 is 8.42 Å². The van der Waals surface area contributed by atoms with Crippen LogP contribution in [0.15, 0.2) is 30.3 Å². The third kappa shape index (κ3) is 2.62. The molecule has 16 heavy (non-hydrogen) atoms. The van der Waals surface area contributed by atoms with Gasteiger partial charge in [0.2, 0.25) is 10.0 Å². The first-order chi connectivity index (χ1) is 7.42. The van der Waals surface area contributed by atoms with Crippen molar-refractivity contribution in [3.63, 3.8) is 0 Å². The maximum Gasteiger partial charge on any atom is 0.218 e. The highest BCUT2D eigenvalue weighted by Gasteiger charge is 2.37. The minimum atomic E-state index is -3.59. The Morgan fingerprint density at radius 1 is 1.25 bits per heavy atom. The van der Waals surface area contributed by atoms with E-state index in [1.165, 1.54) is 0 Å². The van der Waals surface area contributed by atoms with Crippen LogP contribution in [0.3, 0.4) is 0 Å². The zero-order valence-electron chi connectivity index (χ0n) is 9.81. The lowest BCUT2D eigenvalue weighted by Crippen LogP contribution is -2.38. The van der Waals surface area contributed by atoms with E-state index in [1.807, 2.05) is 37.3 Å². The Morgan fingerprint density at radius 3 is 2.25 bits per heavy atom. The van der Waals surface area contributed by atoms with Gasteiger partial charge in [0.25, 0.3) is 0 Å². The van der Waals surface area contributed by atoms with E-state index in [-0.39, 0.29) is 0 Å². The first-order valence-electron chi connectivity index (χ1n) is 5.49. The van der Waals surface area contributed by atoms with Gasteiger partial charge in [0.15, 0.2) is 0 Å². The lowest BCUT2D eigenvalue weighted by molar-refractivity contribution is 0.503. The molecule has 0 bridgehead atoms. The van der Waals surface area contributed by atoms with Crippen LogP contribution in [0.2, 0.25) is 0 Å². The van der Waals surface area contributed by atoms with Gasteiger partial charge in [-0.1, -0.05) is 50.1 Å². The second-order valence-electron chi connectivity index (χ2n) is 4.25. The molecule has 0 aromatic heterocycles. The summed E-state index contributed by atoms with van der Waals surface area (Å²) in [6, 6.07) is 9.18. The number of benzene rings is 1. The number of sulfonamides is 1. The molecule has 90 valence electrons. The number of hydrogen-bond acceptors (Lipinski definition) is 2. The van der Waals surface area contributed by atoms with Crippen LogP contribution < -0.4 is 5.14 Å². The van der Waals surface area contributed by atoms with Crippen LogP contribution in [0.1, 0.15) is 38.7 Å². The number of unbranched alkanes of at least 4 members (excludes halogenated alkanes) is 1. The second kappa shape index (κ2) is 4.97. The van der Waals surface area contributed by atoms with Crippen molar-refractivity contribution in [1.82, 2.24) is 0 Å². The fourth-order valence-electron chi connectivity index (χ4n) is 1.76. The van der Waals surface area contributed by atoms with Gasteiger partial charge in [-0.2, -0.15) is 0 Å².